The van der Waals surface area contributed by atoms with Crippen LogP contribution >= 0.6 is 0 Å². The summed E-state index contributed by atoms with van der Waals surface area (Å²) in [4.78, 5) is 21.8. The highest BCUT2D eigenvalue weighted by Crippen LogP contribution is 2.21. The summed E-state index contributed by atoms with van der Waals surface area (Å²) in [5, 5.41) is 11.6. The highest BCUT2D eigenvalue weighted by molar-refractivity contribution is 5.94. The van der Waals surface area contributed by atoms with Crippen molar-refractivity contribution in [1.29, 1.82) is 0 Å². The molecular weight excluding hydrogens is 234 g/mol. The Balaban J connectivity index is 3.01. The number of methoxy groups -OCH3 is 1. The first-order valence-corrected chi connectivity index (χ1v) is 5.20. The fourth-order valence-electron chi connectivity index (χ4n) is 1.33. The second-order valence-electron chi connectivity index (χ2n) is 3.40. The summed E-state index contributed by atoms with van der Waals surface area (Å²) in [6.45, 7) is 1.56. The van der Waals surface area contributed by atoms with Gasteiger partial charge in [0.25, 0.3) is 0 Å². The fourth-order valence-corrected chi connectivity index (χ4v) is 1.33. The molecule has 0 saturated carbocycles. The number of ether oxygens (including phenoxy) is 1. The minimum Gasteiger partial charge on any atom is -0.496 e. The van der Waals surface area contributed by atoms with E-state index in [4.69, 9.17) is 9.84 Å². The highest BCUT2D eigenvalue weighted by atomic mass is 16.5. The van der Waals surface area contributed by atoms with Gasteiger partial charge in [0.2, 0.25) is 5.91 Å². The average Bonchev–Trinajstić information content (AvgIpc) is 2.33. The summed E-state index contributed by atoms with van der Waals surface area (Å²) in [6, 6.07) is 4.81. The molecule has 94 valence electrons. The van der Waals surface area contributed by atoms with Gasteiger partial charge in [0, 0.05) is 12.5 Å². The van der Waals surface area contributed by atoms with Crippen molar-refractivity contribution in [3.63, 3.8) is 0 Å². The van der Waals surface area contributed by atoms with Gasteiger partial charge in [-0.2, -0.15) is 0 Å². The van der Waals surface area contributed by atoms with Gasteiger partial charge in [-0.3, -0.25) is 4.79 Å². The van der Waals surface area contributed by atoms with Crippen molar-refractivity contribution in [1.82, 2.24) is 5.32 Å². The number of hydrogen-bond acceptors (Lipinski definition) is 3. The summed E-state index contributed by atoms with van der Waals surface area (Å²) in [7, 11) is 1.40. The Hall–Kier alpha value is -2.48. The maximum absolute atomic E-state index is 11.1. The van der Waals surface area contributed by atoms with Gasteiger partial charge >= 0.3 is 5.97 Å². The van der Waals surface area contributed by atoms with E-state index < -0.39 is 5.97 Å². The number of nitrogens with one attached hydrogen (secondary N) is 1. The van der Waals surface area contributed by atoms with Gasteiger partial charge in [-0.1, -0.05) is 17.9 Å². The first kappa shape index (κ1) is 13.6. The van der Waals surface area contributed by atoms with Crippen LogP contribution in [0.25, 0.3) is 0 Å². The molecule has 5 heteroatoms. The van der Waals surface area contributed by atoms with E-state index in [-0.39, 0.29) is 23.8 Å². The van der Waals surface area contributed by atoms with Crippen LogP contribution in [0.1, 0.15) is 22.8 Å². The third-order valence-electron chi connectivity index (χ3n) is 2.11. The predicted octanol–water partition coefficient (Wildman–Crippen LogP) is 0.881. The number of amides is 1. The summed E-state index contributed by atoms with van der Waals surface area (Å²) in [5.74, 6) is 4.35. The van der Waals surface area contributed by atoms with Crippen LogP contribution in [0.2, 0.25) is 0 Å². The summed E-state index contributed by atoms with van der Waals surface area (Å²) >= 11 is 0. The van der Waals surface area contributed by atoms with Crippen molar-refractivity contribution in [2.45, 2.75) is 6.92 Å². The quantitative estimate of drug-likeness (QED) is 0.777. The highest BCUT2D eigenvalue weighted by Gasteiger charge is 2.14. The van der Waals surface area contributed by atoms with Crippen molar-refractivity contribution in [2.75, 3.05) is 13.7 Å². The summed E-state index contributed by atoms with van der Waals surface area (Å²) in [5.41, 5.74) is 0.377. The van der Waals surface area contributed by atoms with E-state index in [9.17, 15) is 9.59 Å². The topological polar surface area (TPSA) is 75.6 Å². The molecule has 0 unspecified atom stereocenters. The van der Waals surface area contributed by atoms with Crippen molar-refractivity contribution < 1.29 is 19.4 Å². The van der Waals surface area contributed by atoms with Gasteiger partial charge in [-0.25, -0.2) is 4.79 Å². The van der Waals surface area contributed by atoms with Gasteiger partial charge in [0.1, 0.15) is 11.3 Å². The van der Waals surface area contributed by atoms with E-state index in [1.54, 1.807) is 18.2 Å². The molecular formula is C13H13NO4. The molecule has 1 rings (SSSR count). The molecule has 0 fully saturated rings. The average molecular weight is 247 g/mol. The Morgan fingerprint density at radius 3 is 2.72 bits per heavy atom. The van der Waals surface area contributed by atoms with Crippen LogP contribution in [-0.4, -0.2) is 30.6 Å². The lowest BCUT2D eigenvalue weighted by Gasteiger charge is -2.05. The Morgan fingerprint density at radius 1 is 1.44 bits per heavy atom. The van der Waals surface area contributed by atoms with Crippen LogP contribution in [0.15, 0.2) is 18.2 Å². The smallest absolute Gasteiger partial charge is 0.340 e. The monoisotopic (exact) mass is 247 g/mol. The van der Waals surface area contributed by atoms with Crippen molar-refractivity contribution in [3.8, 4) is 17.6 Å². The van der Waals surface area contributed by atoms with E-state index in [1.165, 1.54) is 14.0 Å². The molecule has 2 N–H and O–H groups in total. The first-order chi connectivity index (χ1) is 8.56. The van der Waals surface area contributed by atoms with Gasteiger partial charge in [0.05, 0.1) is 13.7 Å². The van der Waals surface area contributed by atoms with E-state index in [0.717, 1.165) is 0 Å². The maximum atomic E-state index is 11.1. The second kappa shape index (κ2) is 6.30. The molecule has 0 bridgehead atoms. The minimum absolute atomic E-state index is 0.0234. The SMILES string of the molecule is COc1cccc(C#CCNC(C)=O)c1C(=O)O. The molecule has 1 amide bonds. The zero-order chi connectivity index (χ0) is 13.5. The van der Waals surface area contributed by atoms with Crippen LogP contribution in [0.3, 0.4) is 0 Å². The van der Waals surface area contributed by atoms with E-state index in [2.05, 4.69) is 17.2 Å². The molecule has 1 aromatic rings. The standard InChI is InChI=1S/C13H13NO4/c1-9(15)14-8-4-6-10-5-3-7-11(18-2)12(10)13(16)17/h3,5,7H,8H2,1-2H3,(H,14,15)(H,16,17). The zero-order valence-electron chi connectivity index (χ0n) is 10.1. The molecule has 18 heavy (non-hydrogen) atoms. The Kier molecular flexibility index (Phi) is 4.76. The molecule has 0 heterocycles. The number of carbonyl (C=O) groups excluding carboxylic acids is 1. The lowest BCUT2D eigenvalue weighted by atomic mass is 10.1. The largest absolute Gasteiger partial charge is 0.496 e. The number of carboxylic acids is 1. The Morgan fingerprint density at radius 2 is 2.17 bits per heavy atom. The fraction of sp³-hybridized carbons (Fsp3) is 0.231. The van der Waals surface area contributed by atoms with E-state index in [1.807, 2.05) is 0 Å². The van der Waals surface area contributed by atoms with E-state index >= 15 is 0 Å². The van der Waals surface area contributed by atoms with Crippen molar-refractivity contribution in [2.24, 2.45) is 0 Å². The van der Waals surface area contributed by atoms with E-state index in [0.29, 0.717) is 5.56 Å². The van der Waals surface area contributed by atoms with Crippen LogP contribution in [0, 0.1) is 11.8 Å². The molecule has 0 atom stereocenters. The van der Waals surface area contributed by atoms with Crippen molar-refractivity contribution in [3.05, 3.63) is 29.3 Å². The number of carbonyl (C=O) groups is 2. The second-order valence-corrected chi connectivity index (χ2v) is 3.40. The molecule has 0 aliphatic carbocycles. The van der Waals surface area contributed by atoms with Gasteiger partial charge < -0.3 is 15.2 Å². The Labute approximate surface area is 105 Å². The Bertz CT molecular complexity index is 526. The normalized spacial score (nSPS) is 9.00. The van der Waals surface area contributed by atoms with Crippen LogP contribution in [-0.2, 0) is 4.79 Å². The molecule has 0 aromatic heterocycles. The molecule has 0 saturated heterocycles. The maximum Gasteiger partial charge on any atom is 0.340 e. The van der Waals surface area contributed by atoms with Gasteiger partial charge in [-0.15, -0.1) is 0 Å². The first-order valence-electron chi connectivity index (χ1n) is 5.20. The molecule has 1 aromatic carbocycles. The number of hydrogen-bond donors (Lipinski definition) is 2. The van der Waals surface area contributed by atoms with Crippen LogP contribution < -0.4 is 10.1 Å². The van der Waals surface area contributed by atoms with Crippen molar-refractivity contribution >= 4 is 11.9 Å². The lowest BCUT2D eigenvalue weighted by molar-refractivity contribution is -0.118. The molecule has 0 aliphatic heterocycles. The lowest BCUT2D eigenvalue weighted by Crippen LogP contribution is -2.19. The third-order valence-corrected chi connectivity index (χ3v) is 2.11. The summed E-state index contributed by atoms with van der Waals surface area (Å²) < 4.78 is 4.97. The number of aromatic carboxylic acids is 1. The number of benzene rings is 1. The van der Waals surface area contributed by atoms with Gasteiger partial charge in [0.15, 0.2) is 0 Å². The van der Waals surface area contributed by atoms with Crippen LogP contribution in [0.5, 0.6) is 5.75 Å². The molecule has 5 nitrogen and oxygen atoms in total. The molecule has 0 radical (unpaired) electrons. The van der Waals surface area contributed by atoms with Crippen LogP contribution in [0.4, 0.5) is 0 Å². The third kappa shape index (κ3) is 3.52. The predicted molar refractivity (Wildman–Crippen MR) is 65.5 cm³/mol. The number of carboxylic acid groups (broad SMARTS) is 1. The minimum atomic E-state index is -1.10. The zero-order valence-corrected chi connectivity index (χ0v) is 10.1. The number of rotatable bonds is 3. The van der Waals surface area contributed by atoms with Gasteiger partial charge in [-0.05, 0) is 12.1 Å². The molecule has 0 aliphatic rings. The molecule has 0 spiro atoms. The summed E-state index contributed by atoms with van der Waals surface area (Å²) in [6.07, 6.45) is 0.